The molecule has 0 atom stereocenters. The van der Waals surface area contributed by atoms with E-state index in [0.717, 1.165) is 5.56 Å². The molecule has 1 N–H and O–H groups in total. The number of phenols is 1. The Kier molecular flexibility index (Phi) is 3.04. The lowest BCUT2D eigenvalue weighted by molar-refractivity contribution is 0.0594. The van der Waals surface area contributed by atoms with Crippen LogP contribution in [0.5, 0.6) is 5.75 Å². The molecule has 2 rings (SSSR count). The van der Waals surface area contributed by atoms with Crippen LogP contribution in [0.2, 0.25) is 0 Å². The van der Waals surface area contributed by atoms with E-state index < -0.39 is 5.97 Å². The largest absolute Gasteiger partial charge is 0.508 e. The monoisotopic (exact) mass is 233 g/mol. The highest BCUT2D eigenvalue weighted by atomic mass is 16.5. The van der Waals surface area contributed by atoms with Crippen LogP contribution in [0.1, 0.15) is 16.1 Å². The van der Waals surface area contributed by atoms with Gasteiger partial charge in [-0.1, -0.05) is 17.3 Å². The summed E-state index contributed by atoms with van der Waals surface area (Å²) in [6, 6.07) is 6.73. The molecule has 1 aromatic carbocycles. The Morgan fingerprint density at radius 2 is 2.12 bits per heavy atom. The molecule has 0 fully saturated rings. The fraction of sp³-hybridized carbons (Fsp3) is 0.182. The molecule has 17 heavy (non-hydrogen) atoms. The van der Waals surface area contributed by atoms with E-state index >= 15 is 0 Å². The highest BCUT2D eigenvalue weighted by molar-refractivity contribution is 5.86. The van der Waals surface area contributed by atoms with Gasteiger partial charge in [0, 0.05) is 0 Å². The van der Waals surface area contributed by atoms with Gasteiger partial charge in [0.05, 0.1) is 19.9 Å². The van der Waals surface area contributed by atoms with Crippen LogP contribution in [-0.2, 0) is 11.3 Å². The zero-order valence-electron chi connectivity index (χ0n) is 9.20. The first kappa shape index (κ1) is 11.1. The van der Waals surface area contributed by atoms with Crippen LogP contribution in [0.25, 0.3) is 0 Å². The molecule has 6 nitrogen and oxygen atoms in total. The number of nitrogens with zero attached hydrogens (tertiary/aromatic N) is 3. The molecule has 0 saturated carbocycles. The summed E-state index contributed by atoms with van der Waals surface area (Å²) in [5, 5.41) is 16.6. The van der Waals surface area contributed by atoms with Crippen molar-refractivity contribution < 1.29 is 14.6 Å². The molecule has 0 saturated heterocycles. The highest BCUT2D eigenvalue weighted by Crippen LogP contribution is 2.10. The average Bonchev–Trinajstić information content (AvgIpc) is 2.80. The van der Waals surface area contributed by atoms with Crippen LogP contribution in [0.4, 0.5) is 0 Å². The third-order valence-electron chi connectivity index (χ3n) is 2.21. The van der Waals surface area contributed by atoms with Gasteiger partial charge in [-0.25, -0.2) is 9.48 Å². The SMILES string of the molecule is COC(=O)c1cn(Cc2ccc(O)cc2)nn1. The topological polar surface area (TPSA) is 77.2 Å². The summed E-state index contributed by atoms with van der Waals surface area (Å²) < 4.78 is 6.05. The van der Waals surface area contributed by atoms with E-state index in [-0.39, 0.29) is 11.4 Å². The maximum atomic E-state index is 11.2. The molecule has 1 heterocycles. The van der Waals surface area contributed by atoms with Crippen molar-refractivity contribution in [2.45, 2.75) is 6.54 Å². The number of aromatic hydroxyl groups is 1. The van der Waals surface area contributed by atoms with Crippen molar-refractivity contribution in [1.82, 2.24) is 15.0 Å². The minimum atomic E-state index is -0.512. The number of phenolic OH excluding ortho intramolecular Hbond substituents is 1. The average molecular weight is 233 g/mol. The summed E-state index contributed by atoms with van der Waals surface area (Å²) in [7, 11) is 1.29. The van der Waals surface area contributed by atoms with Gasteiger partial charge in [-0.15, -0.1) is 5.10 Å². The summed E-state index contributed by atoms with van der Waals surface area (Å²) in [6.07, 6.45) is 1.51. The second-order valence-electron chi connectivity index (χ2n) is 3.46. The van der Waals surface area contributed by atoms with E-state index in [9.17, 15) is 4.79 Å². The molecular weight excluding hydrogens is 222 g/mol. The number of rotatable bonds is 3. The Morgan fingerprint density at radius 3 is 2.76 bits per heavy atom. The van der Waals surface area contributed by atoms with Crippen LogP contribution in [-0.4, -0.2) is 33.2 Å². The van der Waals surface area contributed by atoms with Crippen molar-refractivity contribution in [1.29, 1.82) is 0 Å². The number of methoxy groups -OCH3 is 1. The first-order valence-electron chi connectivity index (χ1n) is 4.95. The Balaban J connectivity index is 2.11. The van der Waals surface area contributed by atoms with Crippen LogP contribution in [0.3, 0.4) is 0 Å². The number of benzene rings is 1. The van der Waals surface area contributed by atoms with E-state index in [1.807, 2.05) is 0 Å². The highest BCUT2D eigenvalue weighted by Gasteiger charge is 2.10. The van der Waals surface area contributed by atoms with E-state index in [1.165, 1.54) is 18.0 Å². The maximum Gasteiger partial charge on any atom is 0.360 e. The van der Waals surface area contributed by atoms with E-state index in [2.05, 4.69) is 15.0 Å². The number of hydrogen-bond acceptors (Lipinski definition) is 5. The first-order chi connectivity index (χ1) is 8.19. The van der Waals surface area contributed by atoms with Crippen LogP contribution >= 0.6 is 0 Å². The van der Waals surface area contributed by atoms with Gasteiger partial charge in [-0.3, -0.25) is 0 Å². The normalized spacial score (nSPS) is 10.2. The van der Waals surface area contributed by atoms with Gasteiger partial charge in [-0.2, -0.15) is 0 Å². The van der Waals surface area contributed by atoms with Crippen molar-refractivity contribution in [3.05, 3.63) is 41.7 Å². The third-order valence-corrected chi connectivity index (χ3v) is 2.21. The van der Waals surface area contributed by atoms with Crippen molar-refractivity contribution in [2.24, 2.45) is 0 Å². The molecule has 0 aliphatic heterocycles. The number of esters is 1. The molecule has 0 aliphatic carbocycles. The summed E-state index contributed by atoms with van der Waals surface area (Å²) in [6.45, 7) is 0.476. The molecule has 2 aromatic rings. The molecule has 0 aliphatic rings. The van der Waals surface area contributed by atoms with Gasteiger partial charge in [0.1, 0.15) is 5.75 Å². The zero-order chi connectivity index (χ0) is 12.3. The molecule has 6 heteroatoms. The summed E-state index contributed by atoms with van der Waals surface area (Å²) in [5.74, 6) is -0.301. The fourth-order valence-electron chi connectivity index (χ4n) is 1.36. The van der Waals surface area contributed by atoms with Gasteiger partial charge >= 0.3 is 5.97 Å². The first-order valence-corrected chi connectivity index (χ1v) is 4.95. The molecule has 0 bridgehead atoms. The Labute approximate surface area is 97.4 Å². The van der Waals surface area contributed by atoms with Gasteiger partial charge in [0.25, 0.3) is 0 Å². The van der Waals surface area contributed by atoms with Gasteiger partial charge in [0.15, 0.2) is 5.69 Å². The predicted octanol–water partition coefficient (Wildman–Crippen LogP) is 0.819. The number of carbonyl (C=O) groups is 1. The predicted molar refractivity (Wildman–Crippen MR) is 58.6 cm³/mol. The van der Waals surface area contributed by atoms with Crippen molar-refractivity contribution in [3.63, 3.8) is 0 Å². The standard InChI is InChI=1S/C11H11N3O3/c1-17-11(16)10-7-14(13-12-10)6-8-2-4-9(15)5-3-8/h2-5,7,15H,6H2,1H3. The summed E-state index contributed by atoms with van der Waals surface area (Å²) >= 11 is 0. The van der Waals surface area contributed by atoms with Crippen molar-refractivity contribution >= 4 is 5.97 Å². The Hall–Kier alpha value is -2.37. The molecule has 88 valence electrons. The van der Waals surface area contributed by atoms with E-state index in [1.54, 1.807) is 24.3 Å². The Morgan fingerprint density at radius 1 is 1.41 bits per heavy atom. The van der Waals surface area contributed by atoms with Crippen molar-refractivity contribution in [2.75, 3.05) is 7.11 Å². The lowest BCUT2D eigenvalue weighted by atomic mass is 10.2. The molecule has 0 spiro atoms. The van der Waals surface area contributed by atoms with E-state index in [0.29, 0.717) is 6.54 Å². The molecule has 0 radical (unpaired) electrons. The maximum absolute atomic E-state index is 11.2. The number of aromatic nitrogens is 3. The fourth-order valence-corrected chi connectivity index (χ4v) is 1.36. The second kappa shape index (κ2) is 4.65. The molecular formula is C11H11N3O3. The lowest BCUT2D eigenvalue weighted by Gasteiger charge is -2.00. The van der Waals surface area contributed by atoms with Crippen LogP contribution in [0, 0.1) is 0 Å². The van der Waals surface area contributed by atoms with E-state index in [4.69, 9.17) is 5.11 Å². The smallest absolute Gasteiger partial charge is 0.360 e. The number of ether oxygens (including phenoxy) is 1. The van der Waals surface area contributed by atoms with Gasteiger partial charge in [0.2, 0.25) is 0 Å². The second-order valence-corrected chi connectivity index (χ2v) is 3.46. The number of hydrogen-bond donors (Lipinski definition) is 1. The third kappa shape index (κ3) is 2.60. The minimum absolute atomic E-state index is 0.172. The molecule has 0 unspecified atom stereocenters. The number of carbonyl (C=O) groups excluding carboxylic acids is 1. The summed E-state index contributed by atoms with van der Waals surface area (Å²) in [5.41, 5.74) is 1.12. The van der Waals surface area contributed by atoms with Gasteiger partial charge < -0.3 is 9.84 Å². The zero-order valence-corrected chi connectivity index (χ0v) is 9.20. The summed E-state index contributed by atoms with van der Waals surface area (Å²) in [4.78, 5) is 11.2. The molecule has 1 aromatic heterocycles. The van der Waals surface area contributed by atoms with Crippen LogP contribution in [0.15, 0.2) is 30.5 Å². The lowest BCUT2D eigenvalue weighted by Crippen LogP contribution is -2.01. The quantitative estimate of drug-likeness (QED) is 0.794. The van der Waals surface area contributed by atoms with Gasteiger partial charge in [-0.05, 0) is 17.7 Å². The minimum Gasteiger partial charge on any atom is -0.508 e. The Bertz CT molecular complexity index is 519. The van der Waals surface area contributed by atoms with Crippen LogP contribution < -0.4 is 0 Å². The van der Waals surface area contributed by atoms with Crippen molar-refractivity contribution in [3.8, 4) is 5.75 Å². The molecule has 0 amide bonds.